The molecular formula is C22H24N2O5. The van der Waals surface area contributed by atoms with Gasteiger partial charge >= 0.3 is 5.97 Å². The van der Waals surface area contributed by atoms with Crippen LogP contribution in [0.15, 0.2) is 42.5 Å². The van der Waals surface area contributed by atoms with E-state index < -0.39 is 5.97 Å². The molecule has 1 aliphatic rings. The van der Waals surface area contributed by atoms with Gasteiger partial charge in [-0.15, -0.1) is 0 Å². The first-order valence-corrected chi connectivity index (χ1v) is 9.51. The lowest BCUT2D eigenvalue weighted by Crippen LogP contribution is -2.25. The van der Waals surface area contributed by atoms with Crippen molar-refractivity contribution in [2.45, 2.75) is 18.9 Å². The normalized spacial score (nSPS) is 14.1. The minimum Gasteiger partial charge on any atom is -0.491 e. The van der Waals surface area contributed by atoms with E-state index in [2.05, 4.69) is 11.4 Å². The Bertz CT molecular complexity index is 854. The maximum Gasteiger partial charge on any atom is 0.339 e. The number of carbonyl (C=O) groups is 1. The van der Waals surface area contributed by atoms with E-state index in [0.717, 1.165) is 37.5 Å². The Kier molecular flexibility index (Phi) is 7.45. The second-order valence-electron chi connectivity index (χ2n) is 6.54. The average Bonchev–Trinajstić information content (AvgIpc) is 2.78. The van der Waals surface area contributed by atoms with Crippen LogP contribution in [0.5, 0.6) is 5.75 Å². The molecule has 0 aliphatic carbocycles. The summed E-state index contributed by atoms with van der Waals surface area (Å²) in [5.41, 5.74) is 2.08. The Balaban J connectivity index is 1.55. The van der Waals surface area contributed by atoms with Gasteiger partial charge in [0.25, 0.3) is 0 Å². The van der Waals surface area contributed by atoms with Crippen molar-refractivity contribution in [2.24, 2.45) is 0 Å². The lowest BCUT2D eigenvalue weighted by molar-refractivity contribution is -0.0388. The van der Waals surface area contributed by atoms with Crippen molar-refractivity contribution in [3.8, 4) is 11.8 Å². The van der Waals surface area contributed by atoms with Crippen molar-refractivity contribution >= 4 is 17.3 Å². The zero-order chi connectivity index (χ0) is 20.5. The van der Waals surface area contributed by atoms with Crippen LogP contribution in [0.25, 0.3) is 0 Å². The number of rotatable bonds is 8. The Labute approximate surface area is 170 Å². The van der Waals surface area contributed by atoms with Gasteiger partial charge in [-0.2, -0.15) is 5.26 Å². The quantitative estimate of drug-likeness (QED) is 0.538. The maximum atomic E-state index is 12.0. The molecule has 1 saturated heterocycles. The van der Waals surface area contributed by atoms with Gasteiger partial charge in [0.15, 0.2) is 0 Å². The van der Waals surface area contributed by atoms with E-state index >= 15 is 0 Å². The number of methoxy groups -OCH3 is 1. The van der Waals surface area contributed by atoms with Gasteiger partial charge in [0.2, 0.25) is 0 Å². The molecule has 0 radical (unpaired) electrons. The minimum atomic E-state index is -0.471. The van der Waals surface area contributed by atoms with E-state index in [-0.39, 0.29) is 6.10 Å². The summed E-state index contributed by atoms with van der Waals surface area (Å²) in [5.74, 6) is 0.256. The second-order valence-corrected chi connectivity index (χ2v) is 6.54. The zero-order valence-electron chi connectivity index (χ0n) is 16.3. The fraction of sp³-hybridized carbons (Fsp3) is 0.364. The molecule has 0 unspecified atom stereocenters. The van der Waals surface area contributed by atoms with Gasteiger partial charge in [0.1, 0.15) is 12.4 Å². The van der Waals surface area contributed by atoms with Crippen LogP contribution < -0.4 is 10.1 Å². The first kappa shape index (κ1) is 20.6. The molecule has 7 heteroatoms. The largest absolute Gasteiger partial charge is 0.491 e. The number of anilines is 2. The van der Waals surface area contributed by atoms with Crippen molar-refractivity contribution in [2.75, 3.05) is 38.9 Å². The van der Waals surface area contributed by atoms with Crippen LogP contribution in [0.1, 0.15) is 28.8 Å². The average molecular weight is 396 g/mol. The summed E-state index contributed by atoms with van der Waals surface area (Å²) in [5, 5.41) is 12.3. The molecule has 1 aliphatic heterocycles. The van der Waals surface area contributed by atoms with Crippen molar-refractivity contribution in [1.29, 1.82) is 5.26 Å². The number of benzene rings is 2. The van der Waals surface area contributed by atoms with Crippen LogP contribution in [0.2, 0.25) is 0 Å². The highest BCUT2D eigenvalue weighted by atomic mass is 16.5. The molecule has 1 N–H and O–H groups in total. The molecule has 29 heavy (non-hydrogen) atoms. The summed E-state index contributed by atoms with van der Waals surface area (Å²) < 4.78 is 21.6. The Morgan fingerprint density at radius 1 is 1.17 bits per heavy atom. The van der Waals surface area contributed by atoms with E-state index in [1.807, 2.05) is 24.3 Å². The Hall–Kier alpha value is -3.08. The van der Waals surface area contributed by atoms with E-state index in [9.17, 15) is 4.79 Å². The first-order chi connectivity index (χ1) is 14.2. The molecule has 0 atom stereocenters. The highest BCUT2D eigenvalue weighted by Crippen LogP contribution is 2.25. The monoisotopic (exact) mass is 396 g/mol. The summed E-state index contributed by atoms with van der Waals surface area (Å²) in [6.07, 6.45) is 2.12. The predicted molar refractivity (Wildman–Crippen MR) is 108 cm³/mol. The molecule has 0 aromatic heterocycles. The lowest BCUT2D eigenvalue weighted by atomic mass is 10.1. The van der Waals surface area contributed by atoms with Gasteiger partial charge in [-0.05, 0) is 55.3 Å². The van der Waals surface area contributed by atoms with E-state index in [4.69, 9.17) is 24.2 Å². The highest BCUT2D eigenvalue weighted by molar-refractivity contribution is 5.96. The molecule has 152 valence electrons. The van der Waals surface area contributed by atoms with Gasteiger partial charge < -0.3 is 24.3 Å². The van der Waals surface area contributed by atoms with Crippen LogP contribution in [0, 0.1) is 11.3 Å². The molecule has 7 nitrogen and oxygen atoms in total. The second kappa shape index (κ2) is 10.5. The van der Waals surface area contributed by atoms with Crippen molar-refractivity contribution in [3.05, 3.63) is 53.6 Å². The molecule has 1 heterocycles. The molecule has 0 amide bonds. The topological polar surface area (TPSA) is 89.8 Å². The molecule has 2 aromatic rings. The third kappa shape index (κ3) is 5.95. The molecule has 0 bridgehead atoms. The lowest BCUT2D eigenvalue weighted by Gasteiger charge is -2.22. The standard InChI is InChI=1S/C22H24N2O5/c1-26-22(25)20-7-2-16(15-23)14-21(20)24-17-3-5-18(6-4-17)28-12-13-29-19-8-10-27-11-9-19/h2-7,14,19,24H,8-13H2,1H3. The van der Waals surface area contributed by atoms with Gasteiger partial charge in [0.05, 0.1) is 42.7 Å². The van der Waals surface area contributed by atoms with Gasteiger partial charge in [-0.3, -0.25) is 0 Å². The van der Waals surface area contributed by atoms with Crippen molar-refractivity contribution in [1.82, 2.24) is 0 Å². The third-order valence-corrected chi connectivity index (χ3v) is 4.56. The summed E-state index contributed by atoms with van der Waals surface area (Å²) in [4.78, 5) is 12.0. The summed E-state index contributed by atoms with van der Waals surface area (Å²) in [7, 11) is 1.32. The number of esters is 1. The van der Waals surface area contributed by atoms with Crippen LogP contribution in [0.4, 0.5) is 11.4 Å². The highest BCUT2D eigenvalue weighted by Gasteiger charge is 2.14. The van der Waals surface area contributed by atoms with Gasteiger partial charge in [-0.25, -0.2) is 4.79 Å². The smallest absolute Gasteiger partial charge is 0.339 e. The summed E-state index contributed by atoms with van der Waals surface area (Å²) in [6.45, 7) is 2.53. The number of ether oxygens (including phenoxy) is 4. The minimum absolute atomic E-state index is 0.257. The number of hydrogen-bond acceptors (Lipinski definition) is 7. The zero-order valence-corrected chi connectivity index (χ0v) is 16.3. The molecular weight excluding hydrogens is 372 g/mol. The fourth-order valence-electron chi connectivity index (χ4n) is 3.01. The summed E-state index contributed by atoms with van der Waals surface area (Å²) >= 11 is 0. The number of nitrogens with one attached hydrogen (secondary N) is 1. The SMILES string of the molecule is COC(=O)c1ccc(C#N)cc1Nc1ccc(OCCOC2CCOCC2)cc1. The maximum absolute atomic E-state index is 12.0. The summed E-state index contributed by atoms with van der Waals surface area (Å²) in [6, 6.07) is 14.2. The van der Waals surface area contributed by atoms with E-state index in [0.29, 0.717) is 30.0 Å². The van der Waals surface area contributed by atoms with Gasteiger partial charge in [0, 0.05) is 18.9 Å². The molecule has 3 rings (SSSR count). The molecule has 1 fully saturated rings. The Morgan fingerprint density at radius 2 is 1.93 bits per heavy atom. The van der Waals surface area contributed by atoms with Crippen molar-refractivity contribution < 1.29 is 23.7 Å². The number of hydrogen-bond donors (Lipinski definition) is 1. The fourth-order valence-corrected chi connectivity index (χ4v) is 3.01. The molecule has 0 spiro atoms. The van der Waals surface area contributed by atoms with Crippen LogP contribution in [-0.2, 0) is 14.2 Å². The third-order valence-electron chi connectivity index (χ3n) is 4.56. The molecule has 2 aromatic carbocycles. The van der Waals surface area contributed by atoms with Crippen LogP contribution in [0.3, 0.4) is 0 Å². The number of nitrogens with zero attached hydrogens (tertiary/aromatic N) is 1. The van der Waals surface area contributed by atoms with E-state index in [1.165, 1.54) is 7.11 Å². The van der Waals surface area contributed by atoms with Crippen LogP contribution >= 0.6 is 0 Å². The van der Waals surface area contributed by atoms with Gasteiger partial charge in [-0.1, -0.05) is 0 Å². The Morgan fingerprint density at radius 3 is 2.62 bits per heavy atom. The van der Waals surface area contributed by atoms with E-state index in [1.54, 1.807) is 18.2 Å². The first-order valence-electron chi connectivity index (χ1n) is 9.51. The van der Waals surface area contributed by atoms with Crippen LogP contribution in [-0.4, -0.2) is 45.6 Å². The predicted octanol–water partition coefficient (Wildman–Crippen LogP) is 3.66. The number of carbonyl (C=O) groups excluding carboxylic acids is 1. The van der Waals surface area contributed by atoms with Crippen molar-refractivity contribution in [3.63, 3.8) is 0 Å². The molecule has 0 saturated carbocycles. The number of nitriles is 1.